The Morgan fingerprint density at radius 1 is 1.33 bits per heavy atom. The molecule has 5 nitrogen and oxygen atoms in total. The monoisotopic (exact) mass is 313 g/mol. The van der Waals surface area contributed by atoms with E-state index in [1.165, 1.54) is 0 Å². The predicted octanol–water partition coefficient (Wildman–Crippen LogP) is 2.56. The number of hydrogen-bond acceptors (Lipinski definition) is 4. The Balaban J connectivity index is 2.13. The van der Waals surface area contributed by atoms with Gasteiger partial charge in [0.25, 0.3) is 10.0 Å². The molecule has 0 saturated carbocycles. The summed E-state index contributed by atoms with van der Waals surface area (Å²) < 4.78 is 30.8. The molecule has 1 fully saturated rings. The van der Waals surface area contributed by atoms with Gasteiger partial charge in [-0.15, -0.1) is 0 Å². The Hall–Kier alpha value is -1.30. The largest absolute Gasteiger partial charge is 0.495 e. The first-order chi connectivity index (χ1) is 9.72. The first kappa shape index (κ1) is 16.1. The van der Waals surface area contributed by atoms with Crippen molar-refractivity contribution in [1.29, 1.82) is 0 Å². The Kier molecular flexibility index (Phi) is 4.46. The number of fused-ring (bicyclic) bond motifs is 1. The highest BCUT2D eigenvalue weighted by molar-refractivity contribution is 7.92. The lowest BCUT2D eigenvalue weighted by Crippen LogP contribution is -2.61. The summed E-state index contributed by atoms with van der Waals surface area (Å²) in [6.45, 7) is 5.48. The molecule has 0 spiro atoms. The zero-order valence-corrected chi connectivity index (χ0v) is 13.6. The van der Waals surface area contributed by atoms with Crippen molar-refractivity contribution in [2.75, 3.05) is 0 Å². The molecule has 0 radical (unpaired) electrons. The van der Waals surface area contributed by atoms with Crippen LogP contribution in [0.15, 0.2) is 23.8 Å². The standard InChI is InChI=1S/C15H23NO4S/c1-15(2,3)20-10-11-21(18,19)16-13-9-7-5-4-6-8-12(13)14(16)17/h7,9-13H,4-6,8H2,1-3H3/b9-7-,11-10+. The van der Waals surface area contributed by atoms with E-state index in [1.807, 2.05) is 32.9 Å². The zero-order chi connectivity index (χ0) is 15.7. The Morgan fingerprint density at radius 3 is 2.71 bits per heavy atom. The van der Waals surface area contributed by atoms with E-state index in [4.69, 9.17) is 4.74 Å². The van der Waals surface area contributed by atoms with E-state index in [1.54, 1.807) is 0 Å². The fraction of sp³-hybridized carbons (Fsp3) is 0.667. The van der Waals surface area contributed by atoms with Crippen LogP contribution in [0.2, 0.25) is 0 Å². The van der Waals surface area contributed by atoms with Gasteiger partial charge in [-0.3, -0.25) is 4.79 Å². The van der Waals surface area contributed by atoms with Crippen LogP contribution in [0.25, 0.3) is 0 Å². The summed E-state index contributed by atoms with van der Waals surface area (Å²) in [4.78, 5) is 12.1. The third-order valence-corrected chi connectivity index (χ3v) is 5.04. The average molecular weight is 313 g/mol. The quantitative estimate of drug-likeness (QED) is 0.456. The highest BCUT2D eigenvalue weighted by Crippen LogP contribution is 2.36. The van der Waals surface area contributed by atoms with E-state index in [9.17, 15) is 13.2 Å². The van der Waals surface area contributed by atoms with Gasteiger partial charge in [-0.1, -0.05) is 18.6 Å². The number of sulfonamides is 1. The molecule has 1 aliphatic heterocycles. The summed E-state index contributed by atoms with van der Waals surface area (Å²) in [6, 6.07) is -0.331. The number of amides is 1. The highest BCUT2D eigenvalue weighted by Gasteiger charge is 2.50. The second kappa shape index (κ2) is 5.83. The summed E-state index contributed by atoms with van der Waals surface area (Å²) in [6.07, 6.45) is 8.70. The van der Waals surface area contributed by atoms with Crippen molar-refractivity contribution in [3.05, 3.63) is 23.8 Å². The van der Waals surface area contributed by atoms with Gasteiger partial charge in [0.15, 0.2) is 0 Å². The number of β-lactam (4-membered cyclic amide) rings is 1. The number of carbonyl (C=O) groups is 1. The van der Waals surface area contributed by atoms with Gasteiger partial charge in [0.2, 0.25) is 5.91 Å². The fourth-order valence-electron chi connectivity index (χ4n) is 2.57. The van der Waals surface area contributed by atoms with Crippen LogP contribution in [-0.4, -0.2) is 30.3 Å². The van der Waals surface area contributed by atoms with Gasteiger partial charge in [0, 0.05) is 0 Å². The van der Waals surface area contributed by atoms with Crippen LogP contribution in [0.4, 0.5) is 0 Å². The molecule has 0 N–H and O–H groups in total. The zero-order valence-electron chi connectivity index (χ0n) is 12.8. The van der Waals surface area contributed by atoms with Crippen molar-refractivity contribution in [1.82, 2.24) is 4.31 Å². The number of hydrogen-bond donors (Lipinski definition) is 0. The molecular formula is C15H23NO4S. The number of nitrogens with zero attached hydrogens (tertiary/aromatic N) is 1. The molecule has 21 heavy (non-hydrogen) atoms. The lowest BCUT2D eigenvalue weighted by molar-refractivity contribution is -0.144. The summed E-state index contributed by atoms with van der Waals surface area (Å²) in [7, 11) is -3.77. The van der Waals surface area contributed by atoms with E-state index >= 15 is 0 Å². The number of allylic oxidation sites excluding steroid dienone is 1. The molecule has 0 bridgehead atoms. The lowest BCUT2D eigenvalue weighted by atomic mass is 9.84. The van der Waals surface area contributed by atoms with E-state index in [2.05, 4.69) is 0 Å². The first-order valence-corrected chi connectivity index (χ1v) is 8.82. The topological polar surface area (TPSA) is 63.7 Å². The van der Waals surface area contributed by atoms with Gasteiger partial charge in [-0.25, -0.2) is 12.7 Å². The minimum absolute atomic E-state index is 0.187. The summed E-state index contributed by atoms with van der Waals surface area (Å²) >= 11 is 0. The van der Waals surface area contributed by atoms with Gasteiger partial charge in [0.1, 0.15) is 0 Å². The molecule has 2 unspecified atom stereocenters. The van der Waals surface area contributed by atoms with Crippen molar-refractivity contribution in [3.63, 3.8) is 0 Å². The van der Waals surface area contributed by atoms with Crippen LogP contribution in [-0.2, 0) is 19.6 Å². The molecular weight excluding hydrogens is 290 g/mol. The summed E-state index contributed by atoms with van der Waals surface area (Å²) in [5, 5.41) is 0.971. The molecule has 2 aliphatic rings. The third-order valence-electron chi connectivity index (χ3n) is 3.61. The molecule has 0 aromatic heterocycles. The second-order valence-corrected chi connectivity index (χ2v) is 8.19. The van der Waals surface area contributed by atoms with E-state index in [0.717, 1.165) is 41.7 Å². The van der Waals surface area contributed by atoms with E-state index < -0.39 is 15.6 Å². The van der Waals surface area contributed by atoms with Crippen molar-refractivity contribution >= 4 is 15.9 Å². The normalized spacial score (nSPS) is 28.5. The molecule has 1 saturated heterocycles. The molecule has 6 heteroatoms. The first-order valence-electron chi connectivity index (χ1n) is 7.32. The number of rotatable bonds is 3. The van der Waals surface area contributed by atoms with Crippen LogP contribution >= 0.6 is 0 Å². The van der Waals surface area contributed by atoms with Crippen LogP contribution in [0.1, 0.15) is 46.5 Å². The van der Waals surface area contributed by atoms with Crippen molar-refractivity contribution in [2.45, 2.75) is 58.1 Å². The second-order valence-electron chi connectivity index (χ2n) is 6.49. The third kappa shape index (κ3) is 3.67. The summed E-state index contributed by atoms with van der Waals surface area (Å²) in [5.41, 5.74) is -0.465. The fourth-order valence-corrected chi connectivity index (χ4v) is 3.84. The number of ether oxygens (including phenoxy) is 1. The minimum Gasteiger partial charge on any atom is -0.495 e. The van der Waals surface area contributed by atoms with E-state index in [0.29, 0.717) is 0 Å². The van der Waals surface area contributed by atoms with Crippen LogP contribution in [0, 0.1) is 5.92 Å². The molecule has 2 atom stereocenters. The molecule has 1 aliphatic carbocycles. The van der Waals surface area contributed by atoms with Gasteiger partial charge in [-0.05, 0) is 40.0 Å². The van der Waals surface area contributed by atoms with Gasteiger partial charge in [-0.2, -0.15) is 0 Å². The average Bonchev–Trinajstić information content (AvgIpc) is 2.30. The maximum Gasteiger partial charge on any atom is 0.263 e. The number of carbonyl (C=O) groups excluding carboxylic acids is 1. The SMILES string of the molecule is CC(C)(C)O/C=C/S(=O)(=O)N1C(=O)C2CCCC/C=C\C21. The van der Waals surface area contributed by atoms with Gasteiger partial charge >= 0.3 is 0 Å². The highest BCUT2D eigenvalue weighted by atomic mass is 32.2. The van der Waals surface area contributed by atoms with Gasteiger partial charge in [0.05, 0.1) is 29.2 Å². The Bertz CT molecular complexity index is 557. The van der Waals surface area contributed by atoms with Gasteiger partial charge < -0.3 is 4.74 Å². The van der Waals surface area contributed by atoms with E-state index in [-0.39, 0.29) is 17.9 Å². The van der Waals surface area contributed by atoms with Crippen LogP contribution < -0.4 is 0 Å². The Labute approximate surface area is 126 Å². The molecule has 1 amide bonds. The predicted molar refractivity (Wildman–Crippen MR) is 80.6 cm³/mol. The maximum absolute atomic E-state index is 12.3. The summed E-state index contributed by atoms with van der Waals surface area (Å²) in [5.74, 6) is -0.486. The van der Waals surface area contributed by atoms with Crippen molar-refractivity contribution < 1.29 is 17.9 Å². The molecule has 118 valence electrons. The van der Waals surface area contributed by atoms with Crippen LogP contribution in [0.3, 0.4) is 0 Å². The minimum atomic E-state index is -3.77. The van der Waals surface area contributed by atoms with Crippen molar-refractivity contribution in [3.8, 4) is 0 Å². The molecule has 0 aromatic carbocycles. The smallest absolute Gasteiger partial charge is 0.263 e. The maximum atomic E-state index is 12.3. The molecule has 0 aromatic rings. The van der Waals surface area contributed by atoms with Crippen molar-refractivity contribution in [2.24, 2.45) is 5.92 Å². The van der Waals surface area contributed by atoms with Crippen LogP contribution in [0.5, 0.6) is 0 Å². The molecule has 2 rings (SSSR count). The molecule has 1 heterocycles. The Morgan fingerprint density at radius 2 is 2.05 bits per heavy atom. The lowest BCUT2D eigenvalue weighted by Gasteiger charge is -2.44.